The van der Waals surface area contributed by atoms with E-state index < -0.39 is 5.82 Å². The van der Waals surface area contributed by atoms with Gasteiger partial charge in [0.2, 0.25) is 5.91 Å². The molecule has 0 saturated heterocycles. The maximum atomic E-state index is 13.1. The monoisotopic (exact) mass is 273 g/mol. The van der Waals surface area contributed by atoms with Crippen LogP contribution in [0.2, 0.25) is 0 Å². The molecule has 1 aromatic rings. The van der Waals surface area contributed by atoms with E-state index in [4.69, 9.17) is 4.74 Å². The number of hydrogen-bond donors (Lipinski definition) is 1. The molecule has 1 aliphatic rings. The molecule has 15 heavy (non-hydrogen) atoms. The molecule has 0 aromatic heterocycles. The molecule has 0 spiro atoms. The molecule has 0 saturated carbocycles. The molecule has 1 unspecified atom stereocenters. The number of carbonyl (C=O) groups excluding carboxylic acids is 1. The van der Waals surface area contributed by atoms with Crippen molar-refractivity contribution in [3.63, 3.8) is 0 Å². The van der Waals surface area contributed by atoms with Crippen LogP contribution < -0.4 is 10.1 Å². The summed E-state index contributed by atoms with van der Waals surface area (Å²) in [6, 6.07) is 2.55. The van der Waals surface area contributed by atoms with Crippen molar-refractivity contribution in [2.45, 2.75) is 6.92 Å². The zero-order valence-electron chi connectivity index (χ0n) is 8.01. The summed E-state index contributed by atoms with van der Waals surface area (Å²) in [6.07, 6.45) is 0. The van der Waals surface area contributed by atoms with Crippen LogP contribution in [0.1, 0.15) is 6.92 Å². The SMILES string of the molecule is CC1COc2c(Br)cc(F)cc2NC1=O. The van der Waals surface area contributed by atoms with Crippen molar-refractivity contribution in [1.29, 1.82) is 0 Å². The van der Waals surface area contributed by atoms with Crippen molar-refractivity contribution < 1.29 is 13.9 Å². The van der Waals surface area contributed by atoms with E-state index in [0.29, 0.717) is 22.5 Å². The molecule has 80 valence electrons. The van der Waals surface area contributed by atoms with Gasteiger partial charge < -0.3 is 10.1 Å². The number of hydrogen-bond acceptors (Lipinski definition) is 2. The molecule has 5 heteroatoms. The molecule has 3 nitrogen and oxygen atoms in total. The lowest BCUT2D eigenvalue weighted by Gasteiger charge is -2.08. The average Bonchev–Trinajstić information content (AvgIpc) is 2.27. The van der Waals surface area contributed by atoms with Gasteiger partial charge in [0, 0.05) is 6.07 Å². The largest absolute Gasteiger partial charge is 0.489 e. The van der Waals surface area contributed by atoms with Gasteiger partial charge >= 0.3 is 0 Å². The summed E-state index contributed by atoms with van der Waals surface area (Å²) in [5, 5.41) is 2.62. The van der Waals surface area contributed by atoms with Crippen LogP contribution >= 0.6 is 15.9 Å². The van der Waals surface area contributed by atoms with E-state index in [-0.39, 0.29) is 11.8 Å². The lowest BCUT2D eigenvalue weighted by atomic mass is 10.2. The molecular formula is C10H9BrFNO2. The average molecular weight is 274 g/mol. The van der Waals surface area contributed by atoms with Crippen LogP contribution in [0.15, 0.2) is 16.6 Å². The van der Waals surface area contributed by atoms with Crippen molar-refractivity contribution in [3.05, 3.63) is 22.4 Å². The fourth-order valence-corrected chi connectivity index (χ4v) is 1.89. The van der Waals surface area contributed by atoms with Crippen LogP contribution in [0.25, 0.3) is 0 Å². The summed E-state index contributed by atoms with van der Waals surface area (Å²) in [6.45, 7) is 2.05. The van der Waals surface area contributed by atoms with Crippen LogP contribution in [0, 0.1) is 11.7 Å². The van der Waals surface area contributed by atoms with Gasteiger partial charge in [-0.1, -0.05) is 6.92 Å². The lowest BCUT2D eigenvalue weighted by Crippen LogP contribution is -2.22. The summed E-state index contributed by atoms with van der Waals surface area (Å²) in [5.41, 5.74) is 0.372. The third-order valence-electron chi connectivity index (χ3n) is 2.19. The van der Waals surface area contributed by atoms with Crippen LogP contribution in [0.5, 0.6) is 5.75 Å². The second-order valence-corrected chi connectivity index (χ2v) is 4.32. The minimum absolute atomic E-state index is 0.161. The topological polar surface area (TPSA) is 38.3 Å². The van der Waals surface area contributed by atoms with E-state index in [9.17, 15) is 9.18 Å². The van der Waals surface area contributed by atoms with Crippen LogP contribution in [-0.2, 0) is 4.79 Å². The number of anilines is 1. The quantitative estimate of drug-likeness (QED) is 0.789. The van der Waals surface area contributed by atoms with Gasteiger partial charge in [0.05, 0.1) is 22.7 Å². The smallest absolute Gasteiger partial charge is 0.230 e. The van der Waals surface area contributed by atoms with Crippen LogP contribution in [0.4, 0.5) is 10.1 Å². The van der Waals surface area contributed by atoms with Crippen molar-refractivity contribution in [1.82, 2.24) is 0 Å². The van der Waals surface area contributed by atoms with E-state index in [0.717, 1.165) is 0 Å². The van der Waals surface area contributed by atoms with E-state index in [1.165, 1.54) is 12.1 Å². The Bertz CT molecular complexity index is 422. The number of benzene rings is 1. The van der Waals surface area contributed by atoms with Gasteiger partial charge in [-0.3, -0.25) is 4.79 Å². The summed E-state index contributed by atoms with van der Waals surface area (Å²) in [5.74, 6) is -0.341. The van der Waals surface area contributed by atoms with Crippen LogP contribution in [0.3, 0.4) is 0 Å². The maximum absolute atomic E-state index is 13.1. The Balaban J connectivity index is 2.47. The highest BCUT2D eigenvalue weighted by Crippen LogP contribution is 2.36. The van der Waals surface area contributed by atoms with Crippen molar-refractivity contribution in [2.75, 3.05) is 11.9 Å². The Labute approximate surface area is 94.7 Å². The first kappa shape index (κ1) is 10.4. The highest BCUT2D eigenvalue weighted by Gasteiger charge is 2.22. The minimum atomic E-state index is -0.418. The molecule has 1 atom stereocenters. The molecule has 2 rings (SSSR count). The predicted octanol–water partition coefficient (Wildman–Crippen LogP) is 2.56. The normalized spacial score (nSPS) is 19.9. The first-order chi connectivity index (χ1) is 7.08. The molecular weight excluding hydrogens is 265 g/mol. The molecule has 1 N–H and O–H groups in total. The van der Waals surface area contributed by atoms with Crippen LogP contribution in [-0.4, -0.2) is 12.5 Å². The first-order valence-corrected chi connectivity index (χ1v) is 5.30. The van der Waals surface area contributed by atoms with Crippen molar-refractivity contribution in [3.8, 4) is 5.75 Å². The standard InChI is InChI=1S/C10H9BrFNO2/c1-5-4-15-9-7(11)2-6(12)3-8(9)13-10(5)14/h2-3,5H,4H2,1H3,(H,13,14). The third-order valence-corrected chi connectivity index (χ3v) is 2.78. The molecule has 1 aromatic carbocycles. The Hall–Kier alpha value is -1.10. The molecule has 0 radical (unpaired) electrons. The molecule has 1 aliphatic heterocycles. The van der Waals surface area contributed by atoms with Gasteiger partial charge in [-0.15, -0.1) is 0 Å². The summed E-state index contributed by atoms with van der Waals surface area (Å²) in [4.78, 5) is 11.5. The van der Waals surface area contributed by atoms with Crippen molar-refractivity contribution >= 4 is 27.5 Å². The van der Waals surface area contributed by atoms with Gasteiger partial charge in [0.15, 0.2) is 5.75 Å². The third kappa shape index (κ3) is 1.97. The van der Waals surface area contributed by atoms with E-state index in [2.05, 4.69) is 21.2 Å². The first-order valence-electron chi connectivity index (χ1n) is 4.50. The highest BCUT2D eigenvalue weighted by molar-refractivity contribution is 9.10. The summed E-state index contributed by atoms with van der Waals surface area (Å²) in [7, 11) is 0. The fraction of sp³-hybridized carbons (Fsp3) is 0.300. The minimum Gasteiger partial charge on any atom is -0.489 e. The molecule has 0 fully saturated rings. The van der Waals surface area contributed by atoms with E-state index >= 15 is 0 Å². The van der Waals surface area contributed by atoms with Crippen molar-refractivity contribution in [2.24, 2.45) is 5.92 Å². The number of nitrogens with one attached hydrogen (secondary N) is 1. The molecule has 1 heterocycles. The Morgan fingerprint density at radius 1 is 1.60 bits per heavy atom. The predicted molar refractivity (Wildman–Crippen MR) is 57.4 cm³/mol. The Morgan fingerprint density at radius 2 is 2.33 bits per heavy atom. The number of fused-ring (bicyclic) bond motifs is 1. The Morgan fingerprint density at radius 3 is 3.07 bits per heavy atom. The van der Waals surface area contributed by atoms with E-state index in [1.807, 2.05) is 0 Å². The second kappa shape index (κ2) is 3.81. The number of halogens is 2. The maximum Gasteiger partial charge on any atom is 0.230 e. The molecule has 0 aliphatic carbocycles. The lowest BCUT2D eigenvalue weighted by molar-refractivity contribution is -0.119. The fourth-order valence-electron chi connectivity index (χ4n) is 1.34. The van der Waals surface area contributed by atoms with E-state index in [1.54, 1.807) is 6.92 Å². The zero-order chi connectivity index (χ0) is 11.0. The van der Waals surface area contributed by atoms with Gasteiger partial charge in [-0.05, 0) is 22.0 Å². The number of rotatable bonds is 0. The highest BCUT2D eigenvalue weighted by atomic mass is 79.9. The number of carbonyl (C=O) groups is 1. The van der Waals surface area contributed by atoms with Gasteiger partial charge in [-0.2, -0.15) is 0 Å². The molecule has 0 bridgehead atoms. The Kier molecular flexibility index (Phi) is 2.65. The zero-order valence-corrected chi connectivity index (χ0v) is 9.60. The van der Waals surface area contributed by atoms with Gasteiger partial charge in [0.1, 0.15) is 5.82 Å². The van der Waals surface area contributed by atoms with Gasteiger partial charge in [0.25, 0.3) is 0 Å². The molecule has 1 amide bonds. The second-order valence-electron chi connectivity index (χ2n) is 3.47. The summed E-state index contributed by atoms with van der Waals surface area (Å²) < 4.78 is 19.0. The van der Waals surface area contributed by atoms with Gasteiger partial charge in [-0.25, -0.2) is 4.39 Å². The summed E-state index contributed by atoms with van der Waals surface area (Å²) >= 11 is 3.19. The number of ether oxygens (including phenoxy) is 1. The number of amides is 1.